The molecular weight excluding hydrogens is 180 g/mol. The minimum Gasteiger partial charge on any atom is -0.311 e. The van der Waals surface area contributed by atoms with Gasteiger partial charge in [-0.05, 0) is 18.9 Å². The van der Waals surface area contributed by atoms with E-state index in [1.165, 1.54) is 17.1 Å². The number of rotatable bonds is 4. The van der Waals surface area contributed by atoms with Crippen LogP contribution in [0.2, 0.25) is 0 Å². The summed E-state index contributed by atoms with van der Waals surface area (Å²) < 4.78 is 0. The number of nitrogens with one attached hydrogen (secondary N) is 1. The summed E-state index contributed by atoms with van der Waals surface area (Å²) in [6.45, 7) is 6.37. The van der Waals surface area contributed by atoms with Gasteiger partial charge in [-0.15, -0.1) is 11.3 Å². The minimum atomic E-state index is 0.778. The lowest BCUT2D eigenvalue weighted by atomic mass is 10.3. The molecule has 1 aromatic heterocycles. The first-order chi connectivity index (χ1) is 6.31. The van der Waals surface area contributed by atoms with Gasteiger partial charge >= 0.3 is 0 Å². The van der Waals surface area contributed by atoms with Crippen molar-refractivity contribution in [2.24, 2.45) is 5.92 Å². The molecule has 0 amide bonds. The van der Waals surface area contributed by atoms with E-state index in [1.54, 1.807) is 0 Å². The Morgan fingerprint density at radius 2 is 2.46 bits per heavy atom. The molecule has 2 unspecified atom stereocenters. The Bertz CT molecular complexity index is 282. The summed E-state index contributed by atoms with van der Waals surface area (Å²) in [5.41, 5.74) is 1.21. The molecule has 1 aliphatic carbocycles. The highest BCUT2D eigenvalue weighted by Gasteiger charge is 2.36. The second-order valence-electron chi connectivity index (χ2n) is 3.78. The van der Waals surface area contributed by atoms with Crippen LogP contribution in [0.1, 0.15) is 36.9 Å². The standard InChI is InChI=1S/C10H16N2S/c1-3-11-5-8-6-13-10(12-8)9-4-7(9)2/h6-7,9,11H,3-5H2,1-2H3. The average molecular weight is 196 g/mol. The largest absolute Gasteiger partial charge is 0.311 e. The van der Waals surface area contributed by atoms with Crippen molar-refractivity contribution in [1.82, 2.24) is 10.3 Å². The van der Waals surface area contributed by atoms with Crippen LogP contribution < -0.4 is 5.32 Å². The zero-order valence-electron chi connectivity index (χ0n) is 8.21. The van der Waals surface area contributed by atoms with E-state index in [2.05, 4.69) is 29.5 Å². The van der Waals surface area contributed by atoms with E-state index in [9.17, 15) is 0 Å². The van der Waals surface area contributed by atoms with Crippen LogP contribution >= 0.6 is 11.3 Å². The highest BCUT2D eigenvalue weighted by Crippen LogP contribution is 2.47. The lowest BCUT2D eigenvalue weighted by Gasteiger charge is -1.95. The van der Waals surface area contributed by atoms with Gasteiger partial charge in [-0.3, -0.25) is 0 Å². The summed E-state index contributed by atoms with van der Waals surface area (Å²) in [4.78, 5) is 4.62. The molecule has 0 spiro atoms. The van der Waals surface area contributed by atoms with Crippen LogP contribution in [0.25, 0.3) is 0 Å². The van der Waals surface area contributed by atoms with Crippen molar-refractivity contribution in [2.75, 3.05) is 6.54 Å². The van der Waals surface area contributed by atoms with Crippen LogP contribution in [0.4, 0.5) is 0 Å². The molecule has 72 valence electrons. The van der Waals surface area contributed by atoms with Crippen LogP contribution in [0.5, 0.6) is 0 Å². The smallest absolute Gasteiger partial charge is 0.0962 e. The lowest BCUT2D eigenvalue weighted by Crippen LogP contribution is -2.11. The SMILES string of the molecule is CCNCc1csc(C2CC2C)n1. The molecule has 1 saturated carbocycles. The molecule has 1 aromatic rings. The predicted octanol–water partition coefficient (Wildman–Crippen LogP) is 2.38. The van der Waals surface area contributed by atoms with Crippen LogP contribution in [-0.4, -0.2) is 11.5 Å². The van der Waals surface area contributed by atoms with Crippen molar-refractivity contribution in [2.45, 2.75) is 32.7 Å². The Morgan fingerprint density at radius 3 is 3.08 bits per heavy atom. The third kappa shape index (κ3) is 2.09. The van der Waals surface area contributed by atoms with Crippen molar-refractivity contribution in [1.29, 1.82) is 0 Å². The van der Waals surface area contributed by atoms with Crippen molar-refractivity contribution in [3.05, 3.63) is 16.1 Å². The fraction of sp³-hybridized carbons (Fsp3) is 0.700. The number of aromatic nitrogens is 1. The summed E-state index contributed by atoms with van der Waals surface area (Å²) in [5.74, 6) is 1.65. The summed E-state index contributed by atoms with van der Waals surface area (Å²) >= 11 is 1.82. The van der Waals surface area contributed by atoms with Gasteiger partial charge in [-0.25, -0.2) is 4.98 Å². The maximum atomic E-state index is 4.62. The van der Waals surface area contributed by atoms with Gasteiger partial charge in [0.1, 0.15) is 0 Å². The minimum absolute atomic E-state index is 0.778. The van der Waals surface area contributed by atoms with Gasteiger partial charge in [-0.1, -0.05) is 13.8 Å². The molecule has 3 heteroatoms. The van der Waals surface area contributed by atoms with Crippen LogP contribution in [-0.2, 0) is 6.54 Å². The van der Waals surface area contributed by atoms with E-state index in [0.29, 0.717) is 0 Å². The Hall–Kier alpha value is -0.410. The first-order valence-corrected chi connectivity index (χ1v) is 5.84. The second-order valence-corrected chi connectivity index (χ2v) is 4.67. The molecule has 13 heavy (non-hydrogen) atoms. The average Bonchev–Trinajstić information content (AvgIpc) is 2.67. The monoisotopic (exact) mass is 196 g/mol. The molecule has 2 rings (SSSR count). The van der Waals surface area contributed by atoms with E-state index in [4.69, 9.17) is 0 Å². The molecule has 0 saturated heterocycles. The van der Waals surface area contributed by atoms with Gasteiger partial charge in [0.2, 0.25) is 0 Å². The second kappa shape index (κ2) is 3.76. The lowest BCUT2D eigenvalue weighted by molar-refractivity contribution is 0.711. The quantitative estimate of drug-likeness (QED) is 0.799. The fourth-order valence-electron chi connectivity index (χ4n) is 1.49. The Morgan fingerprint density at radius 1 is 1.69 bits per heavy atom. The molecule has 0 aromatic carbocycles. The maximum Gasteiger partial charge on any atom is 0.0962 e. The molecule has 0 aliphatic heterocycles. The molecule has 1 aliphatic rings. The molecule has 0 radical (unpaired) electrons. The van der Waals surface area contributed by atoms with Crippen molar-refractivity contribution < 1.29 is 0 Å². The van der Waals surface area contributed by atoms with Crippen molar-refractivity contribution in [3.8, 4) is 0 Å². The van der Waals surface area contributed by atoms with E-state index >= 15 is 0 Å². The zero-order valence-corrected chi connectivity index (χ0v) is 9.03. The normalized spacial score (nSPS) is 26.3. The van der Waals surface area contributed by atoms with Crippen molar-refractivity contribution >= 4 is 11.3 Å². The van der Waals surface area contributed by atoms with Crippen LogP contribution in [0, 0.1) is 5.92 Å². The zero-order chi connectivity index (χ0) is 9.26. The molecule has 2 nitrogen and oxygen atoms in total. The van der Waals surface area contributed by atoms with Gasteiger partial charge in [-0.2, -0.15) is 0 Å². The molecule has 1 fully saturated rings. The molecule has 1 N–H and O–H groups in total. The summed E-state index contributed by atoms with van der Waals surface area (Å²) in [7, 11) is 0. The van der Waals surface area contributed by atoms with Crippen LogP contribution in [0.3, 0.4) is 0 Å². The number of hydrogen-bond donors (Lipinski definition) is 1. The molecule has 1 heterocycles. The summed E-state index contributed by atoms with van der Waals surface area (Å²) in [5, 5.41) is 6.82. The Kier molecular flexibility index (Phi) is 2.65. The first kappa shape index (κ1) is 9.16. The van der Waals surface area contributed by atoms with Crippen LogP contribution in [0.15, 0.2) is 5.38 Å². The third-order valence-corrected chi connectivity index (χ3v) is 3.58. The van der Waals surface area contributed by atoms with Crippen molar-refractivity contribution in [3.63, 3.8) is 0 Å². The van der Waals surface area contributed by atoms with Gasteiger partial charge in [0, 0.05) is 17.8 Å². The number of thiazole rings is 1. The van der Waals surface area contributed by atoms with E-state index in [1.807, 2.05) is 11.3 Å². The Labute approximate surface area is 83.4 Å². The predicted molar refractivity (Wildman–Crippen MR) is 56.0 cm³/mol. The maximum absolute atomic E-state index is 4.62. The number of hydrogen-bond acceptors (Lipinski definition) is 3. The Balaban J connectivity index is 1.94. The number of nitrogens with zero attached hydrogens (tertiary/aromatic N) is 1. The third-order valence-electron chi connectivity index (χ3n) is 2.55. The van der Waals surface area contributed by atoms with Gasteiger partial charge in [0.25, 0.3) is 0 Å². The van der Waals surface area contributed by atoms with E-state index in [0.717, 1.165) is 24.9 Å². The molecule has 0 bridgehead atoms. The summed E-state index contributed by atoms with van der Waals surface area (Å²) in [6, 6.07) is 0. The first-order valence-electron chi connectivity index (χ1n) is 4.96. The van der Waals surface area contributed by atoms with Gasteiger partial charge in [0.05, 0.1) is 10.7 Å². The molecule has 2 atom stereocenters. The topological polar surface area (TPSA) is 24.9 Å². The molecular formula is C10H16N2S. The van der Waals surface area contributed by atoms with Gasteiger partial charge < -0.3 is 5.32 Å². The van der Waals surface area contributed by atoms with E-state index in [-0.39, 0.29) is 0 Å². The summed E-state index contributed by atoms with van der Waals surface area (Å²) in [6.07, 6.45) is 1.34. The van der Waals surface area contributed by atoms with Gasteiger partial charge in [0.15, 0.2) is 0 Å². The highest BCUT2D eigenvalue weighted by molar-refractivity contribution is 7.09. The van der Waals surface area contributed by atoms with E-state index < -0.39 is 0 Å². The highest BCUT2D eigenvalue weighted by atomic mass is 32.1. The fourth-order valence-corrected chi connectivity index (χ4v) is 2.56.